The van der Waals surface area contributed by atoms with E-state index in [4.69, 9.17) is 4.74 Å². The summed E-state index contributed by atoms with van der Waals surface area (Å²) in [4.78, 5) is 50.6. The van der Waals surface area contributed by atoms with Gasteiger partial charge in [-0.05, 0) is 69.7 Å². The van der Waals surface area contributed by atoms with E-state index in [9.17, 15) is 24.3 Å². The zero-order valence-corrected chi connectivity index (χ0v) is 22.9. The fraction of sp³-hybridized carbons (Fsp3) is 0.467. The molecule has 0 unspecified atom stereocenters. The molecule has 3 rings (SSSR count). The van der Waals surface area contributed by atoms with E-state index in [1.54, 1.807) is 43.9 Å². The molecule has 1 saturated heterocycles. The van der Waals surface area contributed by atoms with Gasteiger partial charge < -0.3 is 20.1 Å². The van der Waals surface area contributed by atoms with Crippen LogP contribution in [-0.4, -0.2) is 58.6 Å². The number of ether oxygens (including phenoxy) is 1. The van der Waals surface area contributed by atoms with Crippen LogP contribution in [0.1, 0.15) is 57.6 Å². The summed E-state index contributed by atoms with van der Waals surface area (Å²) in [5.41, 5.74) is 2.05. The number of aryl methyl sites for hydroxylation is 2. The first-order valence-electron chi connectivity index (χ1n) is 13.4. The van der Waals surface area contributed by atoms with Crippen molar-refractivity contribution >= 4 is 29.6 Å². The fourth-order valence-corrected chi connectivity index (χ4v) is 4.74. The minimum absolute atomic E-state index is 0.154. The van der Waals surface area contributed by atoms with E-state index in [1.165, 1.54) is 5.56 Å². The molecule has 9 nitrogen and oxygen atoms in total. The van der Waals surface area contributed by atoms with Gasteiger partial charge in [0.15, 0.2) is 0 Å². The summed E-state index contributed by atoms with van der Waals surface area (Å²) in [6.07, 6.45) is 1.95. The van der Waals surface area contributed by atoms with Gasteiger partial charge in [0.2, 0.25) is 11.8 Å². The first kappa shape index (κ1) is 29.7. The van der Waals surface area contributed by atoms with Crippen LogP contribution in [0.5, 0.6) is 0 Å². The van der Waals surface area contributed by atoms with Crippen LogP contribution >= 0.6 is 0 Å². The Balaban J connectivity index is 1.50. The van der Waals surface area contributed by atoms with Crippen LogP contribution in [0, 0.1) is 5.92 Å². The van der Waals surface area contributed by atoms with E-state index in [0.29, 0.717) is 25.1 Å². The molecular formula is C30H39N3O6. The Morgan fingerprint density at radius 2 is 1.74 bits per heavy atom. The maximum absolute atomic E-state index is 12.9. The molecule has 1 aliphatic heterocycles. The number of benzene rings is 2. The van der Waals surface area contributed by atoms with E-state index in [1.807, 2.05) is 36.4 Å². The van der Waals surface area contributed by atoms with Crippen LogP contribution in [0.2, 0.25) is 0 Å². The SMILES string of the molecule is CC(C)(C)OC(=O)Nc1cccc(CCC(=O)NC[C@@H]2C[C@@H](CC(=O)O)C(=O)N2CCCc2ccccc2)c1. The second-order valence-corrected chi connectivity index (χ2v) is 10.9. The molecule has 2 atom stereocenters. The third-order valence-electron chi connectivity index (χ3n) is 6.51. The second kappa shape index (κ2) is 13.8. The maximum atomic E-state index is 12.9. The Morgan fingerprint density at radius 1 is 1.03 bits per heavy atom. The monoisotopic (exact) mass is 537 g/mol. The summed E-state index contributed by atoms with van der Waals surface area (Å²) in [5.74, 6) is -1.87. The molecule has 0 spiro atoms. The summed E-state index contributed by atoms with van der Waals surface area (Å²) in [6, 6.07) is 17.0. The Labute approximate surface area is 229 Å². The minimum atomic E-state index is -0.995. The molecule has 2 aromatic rings. The Hall–Kier alpha value is -3.88. The molecule has 0 bridgehead atoms. The number of hydrogen-bond donors (Lipinski definition) is 3. The van der Waals surface area contributed by atoms with Crippen LogP contribution in [0.3, 0.4) is 0 Å². The highest BCUT2D eigenvalue weighted by molar-refractivity contribution is 5.86. The highest BCUT2D eigenvalue weighted by atomic mass is 16.6. The summed E-state index contributed by atoms with van der Waals surface area (Å²) >= 11 is 0. The van der Waals surface area contributed by atoms with Crippen LogP contribution in [0.4, 0.5) is 10.5 Å². The lowest BCUT2D eigenvalue weighted by molar-refractivity contribution is -0.142. The normalized spacial score (nSPS) is 17.1. The molecule has 1 fully saturated rings. The molecule has 0 saturated carbocycles. The molecule has 1 aliphatic rings. The molecule has 1 heterocycles. The number of carbonyl (C=O) groups excluding carboxylic acids is 3. The average molecular weight is 538 g/mol. The average Bonchev–Trinajstić information content (AvgIpc) is 3.14. The van der Waals surface area contributed by atoms with Crippen molar-refractivity contribution in [2.24, 2.45) is 5.92 Å². The number of carboxylic acids is 1. The third-order valence-corrected chi connectivity index (χ3v) is 6.51. The highest BCUT2D eigenvalue weighted by Crippen LogP contribution is 2.27. The fourth-order valence-electron chi connectivity index (χ4n) is 4.74. The molecule has 3 N–H and O–H groups in total. The molecule has 0 aromatic heterocycles. The third kappa shape index (κ3) is 10.1. The van der Waals surface area contributed by atoms with Crippen LogP contribution in [0.15, 0.2) is 54.6 Å². The number of aliphatic carboxylic acids is 1. The summed E-state index contributed by atoms with van der Waals surface area (Å²) in [6.45, 7) is 6.17. The van der Waals surface area contributed by atoms with E-state index < -0.39 is 23.6 Å². The number of hydrogen-bond acceptors (Lipinski definition) is 5. The standard InChI is InChI=1S/C30H39N3O6/c1-30(2,3)39-29(38)32-24-13-7-11-22(17-24)14-15-26(34)31-20-25-18-23(19-27(35)36)28(37)33(25)16-8-12-21-9-5-4-6-10-21/h4-7,9-11,13,17,23,25H,8,12,14-16,18-20H2,1-3H3,(H,31,34)(H,32,38)(H,35,36)/t23-,25-/m0/s1. The van der Waals surface area contributed by atoms with Gasteiger partial charge in [0, 0.05) is 31.2 Å². The first-order valence-corrected chi connectivity index (χ1v) is 13.4. The van der Waals surface area contributed by atoms with Crippen LogP contribution in [0.25, 0.3) is 0 Å². The maximum Gasteiger partial charge on any atom is 0.412 e. The van der Waals surface area contributed by atoms with Gasteiger partial charge in [0.05, 0.1) is 12.3 Å². The zero-order valence-electron chi connectivity index (χ0n) is 22.9. The van der Waals surface area contributed by atoms with Gasteiger partial charge in [0.25, 0.3) is 0 Å². The largest absolute Gasteiger partial charge is 0.481 e. The summed E-state index contributed by atoms with van der Waals surface area (Å²) in [7, 11) is 0. The van der Waals surface area contributed by atoms with Gasteiger partial charge in [0.1, 0.15) is 5.60 Å². The molecule has 39 heavy (non-hydrogen) atoms. The van der Waals surface area contributed by atoms with Crippen molar-refractivity contribution in [2.45, 2.75) is 70.9 Å². The van der Waals surface area contributed by atoms with Gasteiger partial charge in [-0.25, -0.2) is 4.79 Å². The molecular weight excluding hydrogens is 498 g/mol. The van der Waals surface area contributed by atoms with Gasteiger partial charge in [-0.15, -0.1) is 0 Å². The number of nitrogens with zero attached hydrogens (tertiary/aromatic N) is 1. The van der Waals surface area contributed by atoms with Crippen molar-refractivity contribution in [3.8, 4) is 0 Å². The molecule has 2 aromatic carbocycles. The smallest absolute Gasteiger partial charge is 0.412 e. The second-order valence-electron chi connectivity index (χ2n) is 10.9. The van der Waals surface area contributed by atoms with Crippen molar-refractivity contribution in [3.63, 3.8) is 0 Å². The van der Waals surface area contributed by atoms with Crippen LogP contribution < -0.4 is 10.6 Å². The summed E-state index contributed by atoms with van der Waals surface area (Å²) < 4.78 is 5.28. The van der Waals surface area contributed by atoms with Crippen molar-refractivity contribution in [3.05, 3.63) is 65.7 Å². The van der Waals surface area contributed by atoms with Crippen molar-refractivity contribution in [1.82, 2.24) is 10.2 Å². The number of carboxylic acid groups (broad SMARTS) is 1. The minimum Gasteiger partial charge on any atom is -0.481 e. The number of rotatable bonds is 12. The Bertz CT molecular complexity index is 1140. The lowest BCUT2D eigenvalue weighted by Gasteiger charge is -2.25. The zero-order chi connectivity index (χ0) is 28.4. The van der Waals surface area contributed by atoms with Crippen molar-refractivity contribution in [1.29, 1.82) is 0 Å². The van der Waals surface area contributed by atoms with Crippen molar-refractivity contribution in [2.75, 3.05) is 18.4 Å². The van der Waals surface area contributed by atoms with E-state index in [-0.39, 0.29) is 37.2 Å². The van der Waals surface area contributed by atoms with E-state index >= 15 is 0 Å². The number of anilines is 1. The van der Waals surface area contributed by atoms with Gasteiger partial charge in [-0.2, -0.15) is 0 Å². The predicted molar refractivity (Wildman–Crippen MR) is 148 cm³/mol. The number of likely N-dealkylation sites (tertiary alicyclic amines) is 1. The number of amides is 3. The molecule has 0 radical (unpaired) electrons. The molecule has 210 valence electrons. The first-order chi connectivity index (χ1) is 18.5. The highest BCUT2D eigenvalue weighted by Gasteiger charge is 2.40. The number of nitrogens with one attached hydrogen (secondary N) is 2. The predicted octanol–water partition coefficient (Wildman–Crippen LogP) is 4.41. The molecule has 0 aliphatic carbocycles. The van der Waals surface area contributed by atoms with Gasteiger partial charge in [-0.3, -0.25) is 19.7 Å². The van der Waals surface area contributed by atoms with Gasteiger partial charge >= 0.3 is 12.1 Å². The van der Waals surface area contributed by atoms with Gasteiger partial charge in [-0.1, -0.05) is 42.5 Å². The Kier molecular flexibility index (Phi) is 10.5. The summed E-state index contributed by atoms with van der Waals surface area (Å²) in [5, 5.41) is 14.9. The Morgan fingerprint density at radius 3 is 2.44 bits per heavy atom. The van der Waals surface area contributed by atoms with Crippen molar-refractivity contribution < 1.29 is 29.0 Å². The van der Waals surface area contributed by atoms with Crippen LogP contribution in [-0.2, 0) is 32.0 Å². The lowest BCUT2D eigenvalue weighted by Crippen LogP contribution is -2.42. The molecule has 3 amide bonds. The van der Waals surface area contributed by atoms with E-state index in [2.05, 4.69) is 10.6 Å². The quantitative estimate of drug-likeness (QED) is 0.368. The molecule has 9 heteroatoms. The topological polar surface area (TPSA) is 125 Å². The lowest BCUT2D eigenvalue weighted by atomic mass is 10.0. The van der Waals surface area contributed by atoms with E-state index in [0.717, 1.165) is 18.4 Å². The number of carbonyl (C=O) groups is 4.